The van der Waals surface area contributed by atoms with Crippen LogP contribution in [0.1, 0.15) is 36.0 Å². The molecule has 2 aliphatic rings. The second-order valence-electron chi connectivity index (χ2n) is 11.3. The van der Waals surface area contributed by atoms with Gasteiger partial charge >= 0.3 is 0 Å². The molecule has 0 bridgehead atoms. The van der Waals surface area contributed by atoms with Crippen LogP contribution in [0.3, 0.4) is 0 Å². The molecule has 230 valence electrons. The summed E-state index contributed by atoms with van der Waals surface area (Å²) in [6, 6.07) is 19.9. The Bertz CT molecular complexity index is 1790. The second kappa shape index (κ2) is 13.5. The fraction of sp³-hybridized carbons (Fsp3) is 0.286. The van der Waals surface area contributed by atoms with E-state index in [0.717, 1.165) is 28.6 Å². The number of carbonyl (C=O) groups is 1. The van der Waals surface area contributed by atoms with Crippen molar-refractivity contribution in [2.24, 2.45) is 5.73 Å². The van der Waals surface area contributed by atoms with Gasteiger partial charge in [-0.05, 0) is 49.6 Å². The van der Waals surface area contributed by atoms with E-state index in [1.54, 1.807) is 12.3 Å². The maximum absolute atomic E-state index is 11.4. The van der Waals surface area contributed by atoms with E-state index in [9.17, 15) is 10.1 Å². The van der Waals surface area contributed by atoms with Gasteiger partial charge in [-0.2, -0.15) is 5.26 Å². The topological polar surface area (TPSA) is 123 Å². The smallest absolute Gasteiger partial charge is 0.241 e. The van der Waals surface area contributed by atoms with E-state index in [0.29, 0.717) is 84.7 Å². The van der Waals surface area contributed by atoms with E-state index in [4.69, 9.17) is 31.5 Å². The molecule has 1 aromatic heterocycles. The van der Waals surface area contributed by atoms with Crippen LogP contribution in [0.25, 0.3) is 10.9 Å². The molecular weight excluding hydrogens is 590 g/mol. The number of pyridine rings is 1. The van der Waals surface area contributed by atoms with Crippen LogP contribution >= 0.6 is 11.6 Å². The van der Waals surface area contributed by atoms with E-state index in [2.05, 4.69) is 21.3 Å². The van der Waals surface area contributed by atoms with E-state index in [-0.39, 0.29) is 6.10 Å². The highest BCUT2D eigenvalue weighted by atomic mass is 35.5. The zero-order valence-corrected chi connectivity index (χ0v) is 25.8. The summed E-state index contributed by atoms with van der Waals surface area (Å²) in [5, 5.41) is 14.7. The molecule has 2 aliphatic heterocycles. The number of ether oxygens (including phenoxy) is 3. The normalized spacial score (nSPS) is 16.3. The van der Waals surface area contributed by atoms with Crippen LogP contribution in [-0.4, -0.2) is 43.3 Å². The summed E-state index contributed by atoms with van der Waals surface area (Å²) in [6.07, 6.45) is 5.27. The van der Waals surface area contributed by atoms with Crippen LogP contribution in [0.4, 0.5) is 17.1 Å². The molecule has 0 radical (unpaired) electrons. The minimum atomic E-state index is -0.425. The first-order chi connectivity index (χ1) is 21.9. The molecule has 9 nitrogen and oxygen atoms in total. The lowest BCUT2D eigenvalue weighted by atomic mass is 10.0. The number of rotatable bonds is 9. The second-order valence-corrected chi connectivity index (χ2v) is 11.7. The molecule has 45 heavy (non-hydrogen) atoms. The Kier molecular flexibility index (Phi) is 9.06. The Morgan fingerprint density at radius 3 is 2.67 bits per heavy atom. The van der Waals surface area contributed by atoms with Gasteiger partial charge in [0.1, 0.15) is 30.3 Å². The lowest BCUT2D eigenvalue weighted by molar-refractivity contribution is -0.113. The number of halogens is 1. The predicted octanol–water partition coefficient (Wildman–Crippen LogP) is 6.57. The summed E-state index contributed by atoms with van der Waals surface area (Å²) in [6.45, 7) is 5.02. The predicted molar refractivity (Wildman–Crippen MR) is 175 cm³/mol. The molecule has 6 rings (SSSR count). The van der Waals surface area contributed by atoms with Crippen molar-refractivity contribution in [1.82, 2.24) is 4.98 Å². The highest BCUT2D eigenvalue weighted by Crippen LogP contribution is 2.40. The summed E-state index contributed by atoms with van der Waals surface area (Å²) in [5.74, 6) is 0.852. The molecule has 2 saturated heterocycles. The molecule has 0 aliphatic carbocycles. The first-order valence-electron chi connectivity index (χ1n) is 15.0. The number of hydrogen-bond donors (Lipinski definition) is 2. The van der Waals surface area contributed by atoms with Gasteiger partial charge in [0.25, 0.3) is 0 Å². The van der Waals surface area contributed by atoms with E-state index >= 15 is 0 Å². The molecule has 4 aromatic rings. The first kappa shape index (κ1) is 30.3. The van der Waals surface area contributed by atoms with Crippen molar-refractivity contribution >= 4 is 45.5 Å². The zero-order chi connectivity index (χ0) is 31.3. The molecule has 2 fully saturated rings. The molecule has 1 unspecified atom stereocenters. The number of amides is 1. The van der Waals surface area contributed by atoms with Crippen molar-refractivity contribution in [1.29, 1.82) is 5.26 Å². The molecule has 1 amide bonds. The Morgan fingerprint density at radius 1 is 1.18 bits per heavy atom. The highest BCUT2D eigenvalue weighted by molar-refractivity contribution is 6.32. The molecule has 3 aromatic carbocycles. The minimum Gasteiger partial charge on any atom is -0.487 e. The number of nitrogens with zero attached hydrogens (tertiary/aromatic N) is 3. The van der Waals surface area contributed by atoms with Crippen molar-refractivity contribution in [3.05, 3.63) is 94.2 Å². The number of hydrogen-bond acceptors (Lipinski definition) is 8. The summed E-state index contributed by atoms with van der Waals surface area (Å²) < 4.78 is 18.0. The van der Waals surface area contributed by atoms with Crippen LogP contribution in [0, 0.1) is 18.3 Å². The van der Waals surface area contributed by atoms with Crippen LogP contribution in [0.2, 0.25) is 5.02 Å². The number of benzene rings is 3. The zero-order valence-electron chi connectivity index (χ0n) is 25.0. The molecule has 10 heteroatoms. The molecule has 0 spiro atoms. The van der Waals surface area contributed by atoms with Gasteiger partial charge in [-0.25, -0.2) is 0 Å². The molecule has 0 saturated carbocycles. The number of piperidine rings is 1. The minimum absolute atomic E-state index is 0.0545. The van der Waals surface area contributed by atoms with Crippen molar-refractivity contribution in [2.75, 3.05) is 36.5 Å². The number of anilines is 3. The Hall–Kier alpha value is -4.78. The maximum Gasteiger partial charge on any atom is 0.241 e. The maximum atomic E-state index is 11.4. The van der Waals surface area contributed by atoms with Crippen molar-refractivity contribution < 1.29 is 19.0 Å². The number of aromatic nitrogens is 1. The number of nitrogens with two attached hydrogens (primary N) is 1. The van der Waals surface area contributed by atoms with Crippen LogP contribution < -0.4 is 25.4 Å². The van der Waals surface area contributed by atoms with Crippen LogP contribution in [0.15, 0.2) is 72.4 Å². The fourth-order valence-electron chi connectivity index (χ4n) is 5.62. The Balaban J connectivity index is 1.31. The van der Waals surface area contributed by atoms with Crippen molar-refractivity contribution in [2.45, 2.75) is 38.9 Å². The van der Waals surface area contributed by atoms with Gasteiger partial charge in [0.05, 0.1) is 40.7 Å². The van der Waals surface area contributed by atoms with Gasteiger partial charge in [-0.1, -0.05) is 47.0 Å². The quantitative estimate of drug-likeness (QED) is 0.201. The summed E-state index contributed by atoms with van der Waals surface area (Å²) in [4.78, 5) is 18.3. The third kappa shape index (κ3) is 7.14. The Labute approximate surface area is 267 Å². The van der Waals surface area contributed by atoms with Crippen molar-refractivity contribution in [3.63, 3.8) is 0 Å². The van der Waals surface area contributed by atoms with E-state index in [1.807, 2.05) is 55.5 Å². The number of carbonyl (C=O) groups excluding carboxylic acids is 1. The molecule has 3 N–H and O–H groups in total. The number of aryl methyl sites for hydroxylation is 1. The van der Waals surface area contributed by atoms with E-state index < -0.39 is 5.91 Å². The summed E-state index contributed by atoms with van der Waals surface area (Å²) in [7, 11) is 0. The van der Waals surface area contributed by atoms with Crippen LogP contribution in [0.5, 0.6) is 11.5 Å². The van der Waals surface area contributed by atoms with Gasteiger partial charge in [-0.15, -0.1) is 0 Å². The third-order valence-electron chi connectivity index (χ3n) is 8.06. The SMILES string of the molecule is Cc1ccc(COc2ccc(Nc3c(C#N)cnc4cc(OC5CCOC5)c(N5CCC(=CC(N)=O)CC5)cc34)cc2Cl)cc1. The lowest BCUT2D eigenvalue weighted by Gasteiger charge is -2.32. The van der Waals surface area contributed by atoms with E-state index in [1.165, 1.54) is 11.6 Å². The number of fused-ring (bicyclic) bond motifs is 1. The fourth-order valence-corrected chi connectivity index (χ4v) is 5.86. The van der Waals surface area contributed by atoms with Crippen LogP contribution in [-0.2, 0) is 16.1 Å². The molecular formula is C35H34ClN5O4. The van der Waals surface area contributed by atoms with Crippen molar-refractivity contribution in [3.8, 4) is 17.6 Å². The number of nitriles is 1. The number of nitrogens with one attached hydrogen (secondary N) is 1. The molecule has 1 atom stereocenters. The highest BCUT2D eigenvalue weighted by Gasteiger charge is 2.24. The van der Waals surface area contributed by atoms with Gasteiger partial charge in [0, 0.05) is 48.9 Å². The monoisotopic (exact) mass is 623 g/mol. The standard InChI is InChI=1S/C35H34ClN5O4/c1-22-2-4-24(5-3-22)20-44-32-7-6-26(15-29(32)36)40-35-25(18-37)19-39-30-17-33(45-27-10-13-43-21-27)31(16-28(30)35)41-11-8-23(9-12-41)14-34(38)42/h2-7,14-17,19,27H,8-13,20-21H2,1H3,(H2,38,42)(H,39,40). The third-order valence-corrected chi connectivity index (χ3v) is 8.35. The summed E-state index contributed by atoms with van der Waals surface area (Å²) >= 11 is 6.64. The lowest BCUT2D eigenvalue weighted by Crippen LogP contribution is -2.32. The largest absolute Gasteiger partial charge is 0.487 e. The van der Waals surface area contributed by atoms with Gasteiger partial charge in [-0.3, -0.25) is 9.78 Å². The Morgan fingerprint density at radius 2 is 1.98 bits per heavy atom. The van der Waals surface area contributed by atoms with Gasteiger partial charge in [0.2, 0.25) is 5.91 Å². The average molecular weight is 624 g/mol. The summed E-state index contributed by atoms with van der Waals surface area (Å²) in [5.41, 5.74) is 12.0. The number of primary amides is 1. The van der Waals surface area contributed by atoms with Gasteiger partial charge < -0.3 is 30.2 Å². The molecule has 3 heterocycles. The van der Waals surface area contributed by atoms with Gasteiger partial charge in [0.15, 0.2) is 0 Å². The average Bonchev–Trinajstić information content (AvgIpc) is 3.55. The first-order valence-corrected chi connectivity index (χ1v) is 15.3.